The average molecular weight is 438 g/mol. The lowest BCUT2D eigenvalue weighted by Gasteiger charge is -2.33. The Labute approximate surface area is 186 Å². The van der Waals surface area contributed by atoms with Gasteiger partial charge in [0.25, 0.3) is 11.6 Å². The first-order chi connectivity index (χ1) is 15.5. The highest BCUT2D eigenvalue weighted by Crippen LogP contribution is 2.31. The smallest absolute Gasteiger partial charge is 0.292 e. The van der Waals surface area contributed by atoms with Crippen LogP contribution in [0.25, 0.3) is 0 Å². The molecule has 9 heteroatoms. The molecule has 9 nitrogen and oxygen atoms in total. The number of hydrogen-bond acceptors (Lipinski definition) is 6. The maximum atomic E-state index is 12.5. The lowest BCUT2D eigenvalue weighted by atomic mass is 9.95. The van der Waals surface area contributed by atoms with Crippen molar-refractivity contribution in [1.29, 1.82) is 0 Å². The number of rotatable bonds is 5. The molecule has 0 aromatic heterocycles. The number of nitro benzene ring substituents is 1. The van der Waals surface area contributed by atoms with Gasteiger partial charge in [-0.3, -0.25) is 30.6 Å². The van der Waals surface area contributed by atoms with Crippen molar-refractivity contribution in [2.24, 2.45) is 5.92 Å². The van der Waals surface area contributed by atoms with Crippen LogP contribution >= 0.6 is 0 Å². The number of fused-ring (bicyclic) bond motifs is 1. The predicted octanol–water partition coefficient (Wildman–Crippen LogP) is 2.41. The highest BCUT2D eigenvalue weighted by Gasteiger charge is 2.28. The van der Waals surface area contributed by atoms with Crippen LogP contribution in [0.3, 0.4) is 0 Å². The second kappa shape index (κ2) is 9.67. The highest BCUT2D eigenvalue weighted by molar-refractivity contribution is 5.86. The van der Waals surface area contributed by atoms with Gasteiger partial charge in [-0.1, -0.05) is 30.3 Å². The number of para-hydroxylation sites is 3. The van der Waals surface area contributed by atoms with Gasteiger partial charge in [0.2, 0.25) is 5.91 Å². The van der Waals surface area contributed by atoms with E-state index < -0.39 is 0 Å². The standard InChI is InChI=1S/C23H27N5O4/c29-22(16-27-13-5-7-17-6-1-2-8-19(17)27)24-25-23(30)18-11-14-26(15-12-18)20-9-3-4-10-21(20)28(31)32/h1-4,6,8-10,18H,5,7,11-16H2,(H,24,29)(H,25,30). The normalized spacial score (nSPS) is 16.2. The highest BCUT2D eigenvalue weighted by atomic mass is 16.6. The summed E-state index contributed by atoms with van der Waals surface area (Å²) in [4.78, 5) is 39.8. The topological polar surface area (TPSA) is 108 Å². The maximum absolute atomic E-state index is 12.5. The van der Waals surface area contributed by atoms with E-state index in [4.69, 9.17) is 0 Å². The molecular weight excluding hydrogens is 410 g/mol. The first kappa shape index (κ1) is 21.6. The molecule has 1 fully saturated rings. The monoisotopic (exact) mass is 437 g/mol. The van der Waals surface area contributed by atoms with E-state index >= 15 is 0 Å². The number of nitro groups is 1. The summed E-state index contributed by atoms with van der Waals surface area (Å²) in [6.07, 6.45) is 3.13. The Morgan fingerprint density at radius 2 is 1.66 bits per heavy atom. The third-order valence-corrected chi connectivity index (χ3v) is 6.15. The molecule has 0 saturated carbocycles. The summed E-state index contributed by atoms with van der Waals surface area (Å²) in [5.41, 5.74) is 8.06. The Kier molecular flexibility index (Phi) is 6.53. The van der Waals surface area contributed by atoms with Crippen molar-refractivity contribution in [2.75, 3.05) is 36.0 Å². The molecule has 2 aromatic rings. The van der Waals surface area contributed by atoms with E-state index in [0.29, 0.717) is 31.6 Å². The minimum atomic E-state index is -0.385. The summed E-state index contributed by atoms with van der Waals surface area (Å²) in [5.74, 6) is -0.725. The molecule has 0 atom stereocenters. The largest absolute Gasteiger partial charge is 0.366 e. The van der Waals surface area contributed by atoms with Crippen molar-refractivity contribution in [2.45, 2.75) is 25.7 Å². The number of amides is 2. The fourth-order valence-electron chi connectivity index (χ4n) is 4.49. The lowest BCUT2D eigenvalue weighted by molar-refractivity contribution is -0.384. The number of hydrazine groups is 1. The maximum Gasteiger partial charge on any atom is 0.292 e. The van der Waals surface area contributed by atoms with Gasteiger partial charge in [-0.05, 0) is 43.4 Å². The van der Waals surface area contributed by atoms with Crippen LogP contribution in [0.4, 0.5) is 17.1 Å². The molecule has 1 saturated heterocycles. The molecule has 0 spiro atoms. The number of benzene rings is 2. The number of nitrogens with one attached hydrogen (secondary N) is 2. The Morgan fingerprint density at radius 1 is 0.969 bits per heavy atom. The molecule has 32 heavy (non-hydrogen) atoms. The Hall–Kier alpha value is -3.62. The fraction of sp³-hybridized carbons (Fsp3) is 0.391. The Morgan fingerprint density at radius 3 is 2.41 bits per heavy atom. The molecule has 2 aromatic carbocycles. The number of carbonyl (C=O) groups is 2. The van der Waals surface area contributed by atoms with Gasteiger partial charge in [0.1, 0.15) is 5.69 Å². The van der Waals surface area contributed by atoms with Gasteiger partial charge in [-0.15, -0.1) is 0 Å². The van der Waals surface area contributed by atoms with Crippen LogP contribution in [0.5, 0.6) is 0 Å². The second-order valence-electron chi connectivity index (χ2n) is 8.20. The van der Waals surface area contributed by atoms with E-state index in [0.717, 1.165) is 25.1 Å². The summed E-state index contributed by atoms with van der Waals surface area (Å²) in [7, 11) is 0. The van der Waals surface area contributed by atoms with Gasteiger partial charge < -0.3 is 9.80 Å². The fourth-order valence-corrected chi connectivity index (χ4v) is 4.49. The first-order valence-electron chi connectivity index (χ1n) is 10.9. The molecular formula is C23H27N5O4. The number of piperidine rings is 1. The number of hydrogen-bond donors (Lipinski definition) is 2. The van der Waals surface area contributed by atoms with E-state index in [9.17, 15) is 19.7 Å². The van der Waals surface area contributed by atoms with E-state index in [1.165, 1.54) is 11.6 Å². The summed E-state index contributed by atoms with van der Waals surface area (Å²) in [6, 6.07) is 14.7. The van der Waals surface area contributed by atoms with E-state index in [2.05, 4.69) is 16.9 Å². The van der Waals surface area contributed by atoms with Crippen LogP contribution in [0.1, 0.15) is 24.8 Å². The predicted molar refractivity (Wildman–Crippen MR) is 121 cm³/mol. The number of anilines is 2. The molecule has 4 rings (SSSR count). The van der Waals surface area contributed by atoms with Crippen molar-refractivity contribution in [3.05, 3.63) is 64.2 Å². The summed E-state index contributed by atoms with van der Waals surface area (Å²) < 4.78 is 0. The molecule has 2 heterocycles. The van der Waals surface area contributed by atoms with Gasteiger partial charge in [-0.2, -0.15) is 0 Å². The minimum absolute atomic E-state index is 0.0713. The molecule has 0 bridgehead atoms. The van der Waals surface area contributed by atoms with Crippen molar-refractivity contribution < 1.29 is 14.5 Å². The molecule has 2 amide bonds. The lowest BCUT2D eigenvalue weighted by Crippen LogP contribution is -2.50. The van der Waals surface area contributed by atoms with Gasteiger partial charge in [0.15, 0.2) is 0 Å². The van der Waals surface area contributed by atoms with Crippen LogP contribution in [-0.2, 0) is 16.0 Å². The van der Waals surface area contributed by atoms with E-state index in [1.54, 1.807) is 18.2 Å². The molecule has 0 radical (unpaired) electrons. The molecule has 0 aliphatic carbocycles. The second-order valence-corrected chi connectivity index (χ2v) is 8.20. The van der Waals surface area contributed by atoms with Crippen molar-refractivity contribution in [3.8, 4) is 0 Å². The number of aryl methyl sites for hydroxylation is 1. The number of carbonyl (C=O) groups excluding carboxylic acids is 2. The Balaban J connectivity index is 1.25. The zero-order chi connectivity index (χ0) is 22.5. The third kappa shape index (κ3) is 4.82. The minimum Gasteiger partial charge on any atom is -0.366 e. The summed E-state index contributed by atoms with van der Waals surface area (Å²) >= 11 is 0. The van der Waals surface area contributed by atoms with Crippen molar-refractivity contribution in [1.82, 2.24) is 10.9 Å². The average Bonchev–Trinajstić information content (AvgIpc) is 2.83. The van der Waals surface area contributed by atoms with Crippen LogP contribution in [0, 0.1) is 16.0 Å². The van der Waals surface area contributed by atoms with Crippen LogP contribution in [0.15, 0.2) is 48.5 Å². The third-order valence-electron chi connectivity index (χ3n) is 6.15. The zero-order valence-electron chi connectivity index (χ0n) is 17.8. The number of nitrogens with zero attached hydrogens (tertiary/aromatic N) is 3. The molecule has 2 aliphatic rings. The van der Waals surface area contributed by atoms with Gasteiger partial charge in [0.05, 0.1) is 11.5 Å². The summed E-state index contributed by atoms with van der Waals surface area (Å²) in [5, 5.41) is 11.3. The van der Waals surface area contributed by atoms with E-state index in [-0.39, 0.29) is 34.9 Å². The van der Waals surface area contributed by atoms with E-state index in [1.807, 2.05) is 28.0 Å². The SMILES string of the molecule is O=C(CN1CCCc2ccccc21)NNC(=O)C1CCN(c2ccccc2[N+](=O)[O-])CC1. The molecule has 168 valence electrons. The molecule has 2 aliphatic heterocycles. The van der Waals surface area contributed by atoms with Crippen LogP contribution in [0.2, 0.25) is 0 Å². The first-order valence-corrected chi connectivity index (χ1v) is 10.9. The zero-order valence-corrected chi connectivity index (χ0v) is 17.8. The van der Waals surface area contributed by atoms with Crippen molar-refractivity contribution >= 4 is 28.9 Å². The Bertz CT molecular complexity index is 1000. The molecule has 2 N–H and O–H groups in total. The van der Waals surface area contributed by atoms with Gasteiger partial charge in [-0.25, -0.2) is 0 Å². The van der Waals surface area contributed by atoms with Gasteiger partial charge in [0, 0.05) is 37.3 Å². The van der Waals surface area contributed by atoms with Crippen molar-refractivity contribution in [3.63, 3.8) is 0 Å². The molecule has 0 unspecified atom stereocenters. The van der Waals surface area contributed by atoms with Crippen LogP contribution < -0.4 is 20.7 Å². The summed E-state index contributed by atoms with van der Waals surface area (Å²) in [6.45, 7) is 2.08. The van der Waals surface area contributed by atoms with Gasteiger partial charge >= 0.3 is 0 Å². The van der Waals surface area contributed by atoms with Crippen LogP contribution in [-0.4, -0.2) is 42.9 Å². The quantitative estimate of drug-likeness (QED) is 0.549.